The molecule has 3 aromatic heterocycles. The van der Waals surface area contributed by atoms with Gasteiger partial charge in [-0.25, -0.2) is 9.50 Å². The van der Waals surface area contributed by atoms with Crippen LogP contribution in [0.4, 0.5) is 0 Å². The van der Waals surface area contributed by atoms with Crippen LogP contribution < -0.4 is 0 Å². The average Bonchev–Trinajstić information content (AvgIpc) is 3.49. The molecule has 0 aliphatic carbocycles. The van der Waals surface area contributed by atoms with Crippen LogP contribution in [0.25, 0.3) is 5.65 Å². The average molecular weight is 424 g/mol. The van der Waals surface area contributed by atoms with Crippen molar-refractivity contribution in [3.05, 3.63) is 51.1 Å². The smallest absolute Gasteiger partial charge is 0.223 e. The third-order valence-electron chi connectivity index (χ3n) is 5.65. The number of nitrogens with zero attached hydrogens (tertiary/aromatic N) is 5. The summed E-state index contributed by atoms with van der Waals surface area (Å²) in [5.41, 5.74) is 3.81. The van der Waals surface area contributed by atoms with Crippen LogP contribution in [-0.4, -0.2) is 44.7 Å². The highest BCUT2D eigenvalue weighted by atomic mass is 32.1. The van der Waals surface area contributed by atoms with Gasteiger partial charge in [0, 0.05) is 35.8 Å². The summed E-state index contributed by atoms with van der Waals surface area (Å²) in [5, 5.41) is 15.6. The first-order chi connectivity index (χ1) is 14.6. The van der Waals surface area contributed by atoms with Crippen LogP contribution in [0.15, 0.2) is 23.7 Å². The normalized spacial score (nSPS) is 16.1. The van der Waals surface area contributed by atoms with Gasteiger partial charge in [-0.15, -0.1) is 11.3 Å². The van der Waals surface area contributed by atoms with Gasteiger partial charge in [-0.3, -0.25) is 4.79 Å². The summed E-state index contributed by atoms with van der Waals surface area (Å²) in [6.45, 7) is 5.93. The lowest BCUT2D eigenvalue weighted by Crippen LogP contribution is -2.37. The summed E-state index contributed by atoms with van der Waals surface area (Å²) >= 11 is 1.67. The lowest BCUT2D eigenvalue weighted by Gasteiger charge is -2.25. The molecule has 1 unspecified atom stereocenters. The molecule has 1 atom stereocenters. The number of ether oxygens (including phenoxy) is 1. The number of carbonyl (C=O) groups is 1. The monoisotopic (exact) mass is 423 g/mol. The highest BCUT2D eigenvalue weighted by Gasteiger charge is 2.23. The van der Waals surface area contributed by atoms with E-state index in [0.29, 0.717) is 37.1 Å². The van der Waals surface area contributed by atoms with Gasteiger partial charge in [0.15, 0.2) is 5.65 Å². The molecule has 1 aliphatic rings. The van der Waals surface area contributed by atoms with E-state index in [9.17, 15) is 10.1 Å². The van der Waals surface area contributed by atoms with Crippen molar-refractivity contribution in [2.24, 2.45) is 0 Å². The summed E-state index contributed by atoms with van der Waals surface area (Å²) in [4.78, 5) is 20.8. The third-order valence-corrected chi connectivity index (χ3v) is 6.51. The molecule has 156 valence electrons. The molecule has 0 aromatic carbocycles. The molecule has 0 N–H and O–H groups in total. The molecule has 7 nitrogen and oxygen atoms in total. The van der Waals surface area contributed by atoms with E-state index in [1.54, 1.807) is 15.9 Å². The summed E-state index contributed by atoms with van der Waals surface area (Å²) in [6, 6.07) is 6.21. The van der Waals surface area contributed by atoms with Gasteiger partial charge in [0.25, 0.3) is 0 Å². The molecule has 3 aromatic rings. The van der Waals surface area contributed by atoms with Crippen molar-refractivity contribution >= 4 is 22.9 Å². The van der Waals surface area contributed by atoms with E-state index in [1.165, 1.54) is 11.1 Å². The molecule has 1 amide bonds. The quantitative estimate of drug-likeness (QED) is 0.581. The first-order valence-corrected chi connectivity index (χ1v) is 11.1. The van der Waals surface area contributed by atoms with E-state index < -0.39 is 0 Å². The van der Waals surface area contributed by atoms with Crippen LogP contribution in [0, 0.1) is 25.2 Å². The van der Waals surface area contributed by atoms with Gasteiger partial charge < -0.3 is 9.64 Å². The van der Waals surface area contributed by atoms with Crippen molar-refractivity contribution in [3.63, 3.8) is 0 Å². The molecular formula is C22H25N5O2S. The molecule has 0 radical (unpaired) electrons. The van der Waals surface area contributed by atoms with Crippen LogP contribution in [-0.2, 0) is 22.5 Å². The zero-order valence-electron chi connectivity index (χ0n) is 17.3. The third kappa shape index (κ3) is 4.23. The van der Waals surface area contributed by atoms with E-state index in [1.807, 2.05) is 30.2 Å². The second-order valence-corrected chi connectivity index (χ2v) is 8.69. The van der Waals surface area contributed by atoms with Gasteiger partial charge in [0.05, 0.1) is 18.8 Å². The van der Waals surface area contributed by atoms with Gasteiger partial charge in [-0.1, -0.05) is 6.07 Å². The minimum Gasteiger partial charge on any atom is -0.376 e. The summed E-state index contributed by atoms with van der Waals surface area (Å²) in [6.07, 6.45) is 4.72. The Labute approximate surface area is 179 Å². The highest BCUT2D eigenvalue weighted by Crippen LogP contribution is 2.21. The van der Waals surface area contributed by atoms with Crippen LogP contribution in [0.5, 0.6) is 0 Å². The molecule has 8 heteroatoms. The minimum atomic E-state index is 0.121. The van der Waals surface area contributed by atoms with Gasteiger partial charge >= 0.3 is 0 Å². The second-order valence-electron chi connectivity index (χ2n) is 7.66. The Hall–Kier alpha value is -2.76. The predicted molar refractivity (Wildman–Crippen MR) is 114 cm³/mol. The number of amides is 1. The van der Waals surface area contributed by atoms with Gasteiger partial charge in [0.1, 0.15) is 11.6 Å². The fourth-order valence-corrected chi connectivity index (χ4v) is 4.74. The zero-order valence-corrected chi connectivity index (χ0v) is 18.1. The van der Waals surface area contributed by atoms with E-state index in [-0.39, 0.29) is 12.0 Å². The van der Waals surface area contributed by atoms with Crippen LogP contribution >= 0.6 is 11.3 Å². The van der Waals surface area contributed by atoms with Crippen LogP contribution in [0.2, 0.25) is 0 Å². The van der Waals surface area contributed by atoms with E-state index in [2.05, 4.69) is 22.2 Å². The van der Waals surface area contributed by atoms with Gasteiger partial charge in [-0.05, 0) is 50.1 Å². The fraction of sp³-hybridized carbons (Fsp3) is 0.455. The number of hydrogen-bond acceptors (Lipinski definition) is 6. The second kappa shape index (κ2) is 8.94. The number of aromatic nitrogens is 3. The Balaban J connectivity index is 1.50. The fourth-order valence-electron chi connectivity index (χ4n) is 4.02. The minimum absolute atomic E-state index is 0.121. The Morgan fingerprint density at radius 3 is 3.03 bits per heavy atom. The lowest BCUT2D eigenvalue weighted by atomic mass is 10.1. The summed E-state index contributed by atoms with van der Waals surface area (Å²) in [5.74, 6) is 0.121. The molecule has 0 spiro atoms. The molecule has 1 fully saturated rings. The molecule has 0 saturated carbocycles. The number of aryl methyl sites for hydroxylation is 2. The Morgan fingerprint density at radius 1 is 1.47 bits per heavy atom. The van der Waals surface area contributed by atoms with Crippen LogP contribution in [0.3, 0.4) is 0 Å². The Morgan fingerprint density at radius 2 is 2.33 bits per heavy atom. The number of thiophene rings is 1. The Bertz CT molecular complexity index is 1080. The van der Waals surface area contributed by atoms with Crippen molar-refractivity contribution in [1.29, 1.82) is 5.26 Å². The number of carbonyl (C=O) groups excluding carboxylic acids is 1. The van der Waals surface area contributed by atoms with Crippen molar-refractivity contribution in [1.82, 2.24) is 19.5 Å². The summed E-state index contributed by atoms with van der Waals surface area (Å²) < 4.78 is 7.47. The number of nitriles is 1. The van der Waals surface area contributed by atoms with Crippen LogP contribution in [0.1, 0.15) is 46.7 Å². The van der Waals surface area contributed by atoms with Crippen molar-refractivity contribution in [2.75, 3.05) is 13.2 Å². The van der Waals surface area contributed by atoms with Gasteiger partial charge in [-0.2, -0.15) is 10.4 Å². The maximum absolute atomic E-state index is 13.2. The number of hydrogen-bond donors (Lipinski definition) is 0. The van der Waals surface area contributed by atoms with Crippen molar-refractivity contribution in [2.45, 2.75) is 52.2 Å². The molecular weight excluding hydrogens is 398 g/mol. The molecule has 0 bridgehead atoms. The SMILES string of the molecule is Cc1nc2c(C#N)cnn2c(C)c1CCC(=O)N(Cc1cccs1)CC1CCCO1. The van der Waals surface area contributed by atoms with E-state index >= 15 is 0 Å². The number of rotatable bonds is 7. The topological polar surface area (TPSA) is 83.5 Å². The largest absolute Gasteiger partial charge is 0.376 e. The van der Waals surface area contributed by atoms with Crippen molar-refractivity contribution in [3.8, 4) is 6.07 Å². The first-order valence-electron chi connectivity index (χ1n) is 10.2. The molecule has 4 heterocycles. The first kappa shape index (κ1) is 20.5. The lowest BCUT2D eigenvalue weighted by molar-refractivity contribution is -0.133. The van der Waals surface area contributed by atoms with E-state index in [4.69, 9.17) is 4.74 Å². The molecule has 1 aliphatic heterocycles. The molecule has 30 heavy (non-hydrogen) atoms. The predicted octanol–water partition coefficient (Wildman–Crippen LogP) is 3.42. The number of fused-ring (bicyclic) bond motifs is 1. The van der Waals surface area contributed by atoms with Gasteiger partial charge in [0.2, 0.25) is 5.91 Å². The van der Waals surface area contributed by atoms with Crippen molar-refractivity contribution < 1.29 is 9.53 Å². The standard InChI is InChI=1S/C22H25N5O2S/c1-15-20(16(2)27-22(25-15)17(11-23)12-24-27)7-8-21(28)26(13-18-5-3-9-29-18)14-19-6-4-10-30-19/h4,6,10,12,18H,3,5,7-9,13-14H2,1-2H3. The molecule has 4 rings (SSSR count). The maximum atomic E-state index is 13.2. The zero-order chi connectivity index (χ0) is 21.1. The Kier molecular flexibility index (Phi) is 6.11. The summed E-state index contributed by atoms with van der Waals surface area (Å²) in [7, 11) is 0. The molecule has 1 saturated heterocycles. The van der Waals surface area contributed by atoms with E-state index in [0.717, 1.165) is 36.4 Å². The highest BCUT2D eigenvalue weighted by molar-refractivity contribution is 7.09. The maximum Gasteiger partial charge on any atom is 0.223 e.